The van der Waals surface area contributed by atoms with E-state index in [1.54, 1.807) is 6.92 Å². The lowest BCUT2D eigenvalue weighted by molar-refractivity contribution is -0.124. The van der Waals surface area contributed by atoms with Crippen LogP contribution in [-0.2, 0) is 9.53 Å². The first kappa shape index (κ1) is 15.2. The smallest absolute Gasteiger partial charge is 0.253 e. The van der Waals surface area contributed by atoms with Crippen molar-refractivity contribution in [2.24, 2.45) is 0 Å². The maximum atomic E-state index is 11.7. The lowest BCUT2D eigenvalue weighted by Crippen LogP contribution is -2.26. The van der Waals surface area contributed by atoms with Crippen molar-refractivity contribution in [3.63, 3.8) is 0 Å². The summed E-state index contributed by atoms with van der Waals surface area (Å²) in [5, 5.41) is 11.5. The van der Waals surface area contributed by atoms with Crippen LogP contribution in [-0.4, -0.2) is 30.8 Å². The number of carbonyl (C=O) groups excluding carboxylic acids is 1. The Balaban J connectivity index is 2.85. The molecule has 4 nitrogen and oxygen atoms in total. The molecule has 0 aliphatic heterocycles. The highest BCUT2D eigenvalue weighted by Crippen LogP contribution is 2.15. The fourth-order valence-electron chi connectivity index (χ4n) is 1.40. The van der Waals surface area contributed by atoms with Crippen LogP contribution in [0.4, 0.5) is 5.69 Å². The van der Waals surface area contributed by atoms with E-state index in [-0.39, 0.29) is 12.5 Å². The molecular weight excluding hydrogens is 242 g/mol. The van der Waals surface area contributed by atoms with Crippen molar-refractivity contribution in [2.45, 2.75) is 26.4 Å². The predicted octanol–water partition coefficient (Wildman–Crippen LogP) is 1.70. The van der Waals surface area contributed by atoms with Gasteiger partial charge in [0, 0.05) is 24.8 Å². The van der Waals surface area contributed by atoms with E-state index in [9.17, 15) is 4.79 Å². The lowest BCUT2D eigenvalue weighted by Gasteiger charge is -2.11. The van der Waals surface area contributed by atoms with Crippen molar-refractivity contribution in [2.75, 3.05) is 19.0 Å². The second-order valence-corrected chi connectivity index (χ2v) is 4.17. The van der Waals surface area contributed by atoms with Crippen LogP contribution < -0.4 is 5.32 Å². The van der Waals surface area contributed by atoms with Crippen LogP contribution in [0.5, 0.6) is 0 Å². The summed E-state index contributed by atoms with van der Waals surface area (Å²) in [6.07, 6.45) is -0.0540. The number of carbonyl (C=O) groups is 1. The molecule has 0 aliphatic carbocycles. The number of ether oxygens (including phenoxy) is 1. The van der Waals surface area contributed by atoms with Crippen LogP contribution in [0.3, 0.4) is 0 Å². The first-order valence-corrected chi connectivity index (χ1v) is 6.12. The Morgan fingerprint density at radius 2 is 2.26 bits per heavy atom. The number of amides is 1. The molecule has 2 N–H and O–H groups in total. The Labute approximate surface area is 113 Å². The van der Waals surface area contributed by atoms with Gasteiger partial charge in [0.1, 0.15) is 6.10 Å². The van der Waals surface area contributed by atoms with Crippen molar-refractivity contribution in [1.29, 1.82) is 0 Å². The number of aryl methyl sites for hydroxylation is 1. The Hall–Kier alpha value is -1.83. The van der Waals surface area contributed by atoms with Crippen LogP contribution in [0, 0.1) is 18.8 Å². The minimum Gasteiger partial charge on any atom is -0.395 e. The molecule has 0 fully saturated rings. The normalized spacial score (nSPS) is 11.4. The fourth-order valence-corrected chi connectivity index (χ4v) is 1.40. The van der Waals surface area contributed by atoms with E-state index in [1.165, 1.54) is 7.11 Å². The Bertz CT molecular complexity index is 500. The average Bonchev–Trinajstić information content (AvgIpc) is 2.41. The van der Waals surface area contributed by atoms with Gasteiger partial charge in [-0.1, -0.05) is 17.9 Å². The maximum Gasteiger partial charge on any atom is 0.253 e. The SMILES string of the molecule is COC(C)C(=O)Nc1ccc(C)c(C#CCCO)c1. The molecule has 0 heterocycles. The summed E-state index contributed by atoms with van der Waals surface area (Å²) in [6.45, 7) is 3.69. The monoisotopic (exact) mass is 261 g/mol. The topological polar surface area (TPSA) is 58.6 Å². The molecule has 0 spiro atoms. The molecule has 1 aromatic carbocycles. The van der Waals surface area contributed by atoms with E-state index < -0.39 is 6.10 Å². The predicted molar refractivity (Wildman–Crippen MR) is 74.9 cm³/mol. The fraction of sp³-hybridized carbons (Fsp3) is 0.400. The molecule has 1 rings (SSSR count). The summed E-state index contributed by atoms with van der Waals surface area (Å²) in [6, 6.07) is 5.54. The number of hydrogen-bond donors (Lipinski definition) is 2. The maximum absolute atomic E-state index is 11.7. The third-order valence-corrected chi connectivity index (χ3v) is 2.69. The Kier molecular flexibility index (Phi) is 6.07. The molecule has 0 radical (unpaired) electrons. The van der Waals surface area contributed by atoms with E-state index in [2.05, 4.69) is 17.2 Å². The zero-order valence-corrected chi connectivity index (χ0v) is 11.5. The molecular formula is C15H19NO3. The molecule has 1 atom stereocenters. The molecule has 102 valence electrons. The quantitative estimate of drug-likeness (QED) is 0.811. The molecule has 1 unspecified atom stereocenters. The highest BCUT2D eigenvalue weighted by Gasteiger charge is 2.11. The van der Waals surface area contributed by atoms with Gasteiger partial charge in [0.25, 0.3) is 5.91 Å². The molecule has 4 heteroatoms. The van der Waals surface area contributed by atoms with Crippen molar-refractivity contribution >= 4 is 11.6 Å². The third kappa shape index (κ3) is 4.74. The summed E-state index contributed by atoms with van der Waals surface area (Å²) < 4.78 is 4.95. The Morgan fingerprint density at radius 1 is 1.53 bits per heavy atom. The lowest BCUT2D eigenvalue weighted by atomic mass is 10.1. The molecule has 1 aromatic rings. The summed E-state index contributed by atoms with van der Waals surface area (Å²) in [5.41, 5.74) is 2.56. The molecule has 0 aliphatic rings. The average molecular weight is 261 g/mol. The van der Waals surface area contributed by atoms with Gasteiger partial charge in [0.05, 0.1) is 6.61 Å². The van der Waals surface area contributed by atoms with Crippen LogP contribution in [0.1, 0.15) is 24.5 Å². The zero-order valence-electron chi connectivity index (χ0n) is 11.5. The van der Waals surface area contributed by atoms with Crippen LogP contribution in [0.25, 0.3) is 0 Å². The van der Waals surface area contributed by atoms with Gasteiger partial charge in [0.2, 0.25) is 0 Å². The molecule has 1 amide bonds. The number of hydrogen-bond acceptors (Lipinski definition) is 3. The van der Waals surface area contributed by atoms with Crippen LogP contribution >= 0.6 is 0 Å². The first-order valence-electron chi connectivity index (χ1n) is 6.12. The number of methoxy groups -OCH3 is 1. The molecule has 19 heavy (non-hydrogen) atoms. The minimum atomic E-state index is -0.495. The number of aliphatic hydroxyl groups excluding tert-OH is 1. The van der Waals surface area contributed by atoms with Gasteiger partial charge < -0.3 is 15.2 Å². The van der Waals surface area contributed by atoms with E-state index in [0.29, 0.717) is 12.1 Å². The standard InChI is InChI=1S/C15H19NO3/c1-11-7-8-14(16-15(18)12(2)19-3)10-13(11)6-4-5-9-17/h7-8,10,12,17H,5,9H2,1-3H3,(H,16,18). The molecule has 0 saturated heterocycles. The van der Waals surface area contributed by atoms with Gasteiger partial charge in [-0.3, -0.25) is 4.79 Å². The van der Waals surface area contributed by atoms with Gasteiger partial charge in [0.15, 0.2) is 0 Å². The molecule has 0 saturated carbocycles. The van der Waals surface area contributed by atoms with Crippen LogP contribution in [0.2, 0.25) is 0 Å². The van der Waals surface area contributed by atoms with Crippen molar-refractivity contribution in [3.05, 3.63) is 29.3 Å². The highest BCUT2D eigenvalue weighted by atomic mass is 16.5. The number of nitrogens with one attached hydrogen (secondary N) is 1. The molecule has 0 aromatic heterocycles. The number of anilines is 1. The summed E-state index contributed by atoms with van der Waals surface area (Å²) in [4.78, 5) is 11.7. The van der Waals surface area contributed by atoms with Gasteiger partial charge in [-0.05, 0) is 31.5 Å². The van der Waals surface area contributed by atoms with E-state index in [4.69, 9.17) is 9.84 Å². The van der Waals surface area contributed by atoms with Gasteiger partial charge >= 0.3 is 0 Å². The largest absolute Gasteiger partial charge is 0.395 e. The van der Waals surface area contributed by atoms with Gasteiger partial charge in [-0.25, -0.2) is 0 Å². The summed E-state index contributed by atoms with van der Waals surface area (Å²) in [7, 11) is 1.49. The van der Waals surface area contributed by atoms with E-state index in [1.807, 2.05) is 25.1 Å². The zero-order chi connectivity index (χ0) is 14.3. The number of rotatable bonds is 4. The summed E-state index contributed by atoms with van der Waals surface area (Å²) >= 11 is 0. The van der Waals surface area contributed by atoms with Gasteiger partial charge in [-0.15, -0.1) is 0 Å². The number of aliphatic hydroxyl groups is 1. The second kappa shape index (κ2) is 7.57. The first-order chi connectivity index (χ1) is 9.08. The van der Waals surface area contributed by atoms with Gasteiger partial charge in [-0.2, -0.15) is 0 Å². The minimum absolute atomic E-state index is 0.0494. The van der Waals surface area contributed by atoms with Crippen LogP contribution in [0.15, 0.2) is 18.2 Å². The number of benzene rings is 1. The third-order valence-electron chi connectivity index (χ3n) is 2.69. The Morgan fingerprint density at radius 3 is 2.89 bits per heavy atom. The highest BCUT2D eigenvalue weighted by molar-refractivity contribution is 5.94. The van der Waals surface area contributed by atoms with Crippen molar-refractivity contribution in [1.82, 2.24) is 0 Å². The second-order valence-electron chi connectivity index (χ2n) is 4.17. The van der Waals surface area contributed by atoms with E-state index in [0.717, 1.165) is 11.1 Å². The van der Waals surface area contributed by atoms with Crippen molar-refractivity contribution < 1.29 is 14.6 Å². The van der Waals surface area contributed by atoms with E-state index >= 15 is 0 Å². The summed E-state index contributed by atoms with van der Waals surface area (Å²) in [5.74, 6) is 5.65. The molecule has 0 bridgehead atoms. The van der Waals surface area contributed by atoms with Crippen molar-refractivity contribution in [3.8, 4) is 11.8 Å².